The summed E-state index contributed by atoms with van der Waals surface area (Å²) < 4.78 is 7.71. The molecule has 0 spiro atoms. The highest BCUT2D eigenvalue weighted by atomic mass is 16.5. The van der Waals surface area contributed by atoms with Gasteiger partial charge in [0.2, 0.25) is 0 Å². The van der Waals surface area contributed by atoms with E-state index in [1.165, 1.54) is 24.8 Å². The molecule has 1 saturated carbocycles. The monoisotopic (exact) mass is 285 g/mol. The molecule has 3 unspecified atom stereocenters. The van der Waals surface area contributed by atoms with Gasteiger partial charge in [-0.3, -0.25) is 0 Å². The van der Waals surface area contributed by atoms with Gasteiger partial charge in [-0.15, -0.1) is 0 Å². The Kier molecular flexibility index (Phi) is 4.25. The highest BCUT2D eigenvalue weighted by molar-refractivity contribution is 5.35. The normalized spacial score (nSPS) is 23.1. The molecule has 0 aliphatic heterocycles. The standard InChI is InChI=1S/C17H23N3O/c1-13(14-6-3-4-9-17(14)21-2)19-15-7-5-8-16(15)20-11-10-18-12-20/h3-4,6,9-13,15-16,19H,5,7-8H2,1-2H3. The number of nitrogens with one attached hydrogen (secondary N) is 1. The molecular weight excluding hydrogens is 262 g/mol. The Hall–Kier alpha value is -1.81. The molecule has 3 atom stereocenters. The largest absolute Gasteiger partial charge is 0.496 e. The summed E-state index contributed by atoms with van der Waals surface area (Å²) in [7, 11) is 1.73. The highest BCUT2D eigenvalue weighted by Gasteiger charge is 2.29. The zero-order chi connectivity index (χ0) is 14.7. The predicted molar refractivity (Wildman–Crippen MR) is 83.4 cm³/mol. The van der Waals surface area contributed by atoms with E-state index >= 15 is 0 Å². The minimum atomic E-state index is 0.273. The van der Waals surface area contributed by atoms with Crippen molar-refractivity contribution in [3.63, 3.8) is 0 Å². The molecule has 0 bridgehead atoms. The molecule has 112 valence electrons. The third-order valence-electron chi connectivity index (χ3n) is 4.46. The van der Waals surface area contributed by atoms with Gasteiger partial charge in [-0.2, -0.15) is 0 Å². The minimum Gasteiger partial charge on any atom is -0.496 e. The van der Waals surface area contributed by atoms with Gasteiger partial charge in [0.15, 0.2) is 0 Å². The van der Waals surface area contributed by atoms with Crippen LogP contribution in [0.15, 0.2) is 43.0 Å². The van der Waals surface area contributed by atoms with Crippen molar-refractivity contribution in [3.05, 3.63) is 48.5 Å². The first kappa shape index (κ1) is 14.1. The van der Waals surface area contributed by atoms with E-state index < -0.39 is 0 Å². The molecule has 1 aliphatic carbocycles. The molecule has 2 aromatic rings. The molecule has 4 nitrogen and oxygen atoms in total. The SMILES string of the molecule is COc1ccccc1C(C)NC1CCCC1n1ccnc1. The van der Waals surface area contributed by atoms with Crippen molar-refractivity contribution in [1.82, 2.24) is 14.9 Å². The average molecular weight is 285 g/mol. The maximum atomic E-state index is 5.47. The van der Waals surface area contributed by atoms with E-state index in [2.05, 4.69) is 40.1 Å². The van der Waals surface area contributed by atoms with Gasteiger partial charge < -0.3 is 14.6 Å². The second kappa shape index (κ2) is 6.31. The van der Waals surface area contributed by atoms with Crippen LogP contribution in [0.3, 0.4) is 0 Å². The summed E-state index contributed by atoms with van der Waals surface area (Å²) in [6.45, 7) is 2.21. The maximum Gasteiger partial charge on any atom is 0.123 e. The Morgan fingerprint density at radius 2 is 2.19 bits per heavy atom. The Balaban J connectivity index is 1.73. The molecule has 1 N–H and O–H groups in total. The zero-order valence-corrected chi connectivity index (χ0v) is 12.7. The molecule has 3 rings (SSSR count). The first-order valence-electron chi connectivity index (χ1n) is 7.66. The molecule has 1 aromatic carbocycles. The second-order valence-electron chi connectivity index (χ2n) is 5.74. The molecule has 1 aliphatic rings. The van der Waals surface area contributed by atoms with Gasteiger partial charge in [0.25, 0.3) is 0 Å². The smallest absolute Gasteiger partial charge is 0.123 e. The van der Waals surface area contributed by atoms with E-state index in [1.807, 2.05) is 24.7 Å². The van der Waals surface area contributed by atoms with Crippen LogP contribution in [0.5, 0.6) is 5.75 Å². The third-order valence-corrected chi connectivity index (χ3v) is 4.46. The van der Waals surface area contributed by atoms with Crippen molar-refractivity contribution in [2.75, 3.05) is 7.11 Å². The minimum absolute atomic E-state index is 0.273. The van der Waals surface area contributed by atoms with Crippen molar-refractivity contribution >= 4 is 0 Å². The Labute approximate surface area is 126 Å². The maximum absolute atomic E-state index is 5.47. The van der Waals surface area contributed by atoms with Crippen molar-refractivity contribution in [1.29, 1.82) is 0 Å². The number of imidazole rings is 1. The van der Waals surface area contributed by atoms with Crippen LogP contribution in [0, 0.1) is 0 Å². The lowest BCUT2D eigenvalue weighted by Gasteiger charge is -2.27. The van der Waals surface area contributed by atoms with Gasteiger partial charge in [-0.1, -0.05) is 18.2 Å². The van der Waals surface area contributed by atoms with E-state index in [4.69, 9.17) is 4.74 Å². The molecule has 0 saturated heterocycles. The van der Waals surface area contributed by atoms with Gasteiger partial charge in [0.1, 0.15) is 5.75 Å². The van der Waals surface area contributed by atoms with Crippen LogP contribution in [0.2, 0.25) is 0 Å². The summed E-state index contributed by atoms with van der Waals surface area (Å²) in [4.78, 5) is 4.18. The molecular formula is C17H23N3O. The highest BCUT2D eigenvalue weighted by Crippen LogP contribution is 2.33. The van der Waals surface area contributed by atoms with Crippen LogP contribution in [-0.4, -0.2) is 22.7 Å². The van der Waals surface area contributed by atoms with E-state index in [1.54, 1.807) is 7.11 Å². The Morgan fingerprint density at radius 1 is 1.33 bits per heavy atom. The van der Waals surface area contributed by atoms with Gasteiger partial charge in [-0.25, -0.2) is 4.98 Å². The average Bonchev–Trinajstić information content (AvgIpc) is 3.17. The molecule has 21 heavy (non-hydrogen) atoms. The summed E-state index contributed by atoms with van der Waals surface area (Å²) in [5, 5.41) is 3.78. The first-order chi connectivity index (χ1) is 10.3. The van der Waals surface area contributed by atoms with Crippen LogP contribution >= 0.6 is 0 Å². The summed E-state index contributed by atoms with van der Waals surface area (Å²) in [6.07, 6.45) is 9.55. The molecule has 4 heteroatoms. The fourth-order valence-corrected chi connectivity index (χ4v) is 3.39. The molecule has 1 aromatic heterocycles. The van der Waals surface area contributed by atoms with Crippen LogP contribution in [-0.2, 0) is 0 Å². The van der Waals surface area contributed by atoms with Crippen LogP contribution < -0.4 is 10.1 Å². The Bertz CT molecular complexity index is 567. The fourth-order valence-electron chi connectivity index (χ4n) is 3.39. The number of aromatic nitrogens is 2. The molecule has 1 fully saturated rings. The number of rotatable bonds is 5. The number of ether oxygens (including phenoxy) is 1. The van der Waals surface area contributed by atoms with Crippen molar-refractivity contribution in [3.8, 4) is 5.75 Å². The quantitative estimate of drug-likeness (QED) is 0.916. The number of benzene rings is 1. The topological polar surface area (TPSA) is 39.1 Å². The van der Waals surface area contributed by atoms with Crippen LogP contribution in [0.4, 0.5) is 0 Å². The number of methoxy groups -OCH3 is 1. The summed E-state index contributed by atoms with van der Waals surface area (Å²) in [5.74, 6) is 0.953. The van der Waals surface area contributed by atoms with Crippen LogP contribution in [0.1, 0.15) is 43.8 Å². The second-order valence-corrected chi connectivity index (χ2v) is 5.74. The summed E-state index contributed by atoms with van der Waals surface area (Å²) >= 11 is 0. The number of hydrogen-bond acceptors (Lipinski definition) is 3. The van der Waals surface area contributed by atoms with E-state index in [0.717, 1.165) is 5.75 Å². The lowest BCUT2D eigenvalue weighted by molar-refractivity contribution is 0.352. The summed E-state index contributed by atoms with van der Waals surface area (Å²) in [6, 6.07) is 9.50. The number of hydrogen-bond donors (Lipinski definition) is 1. The van der Waals surface area contributed by atoms with Crippen LogP contribution in [0.25, 0.3) is 0 Å². The summed E-state index contributed by atoms with van der Waals surface area (Å²) in [5.41, 5.74) is 1.22. The Morgan fingerprint density at radius 3 is 2.95 bits per heavy atom. The van der Waals surface area contributed by atoms with Crippen molar-refractivity contribution < 1.29 is 4.74 Å². The van der Waals surface area contributed by atoms with Gasteiger partial charge >= 0.3 is 0 Å². The molecule has 1 heterocycles. The number of nitrogens with zero attached hydrogens (tertiary/aromatic N) is 2. The molecule has 0 radical (unpaired) electrons. The lowest BCUT2D eigenvalue weighted by atomic mass is 10.0. The predicted octanol–water partition coefficient (Wildman–Crippen LogP) is 3.34. The van der Waals surface area contributed by atoms with Crippen molar-refractivity contribution in [2.24, 2.45) is 0 Å². The van der Waals surface area contributed by atoms with E-state index in [0.29, 0.717) is 12.1 Å². The van der Waals surface area contributed by atoms with Gasteiger partial charge in [0.05, 0.1) is 13.4 Å². The van der Waals surface area contributed by atoms with Crippen molar-refractivity contribution in [2.45, 2.75) is 44.3 Å². The van der Waals surface area contributed by atoms with Gasteiger partial charge in [-0.05, 0) is 32.3 Å². The molecule has 0 amide bonds. The fraction of sp³-hybridized carbons (Fsp3) is 0.471. The first-order valence-corrected chi connectivity index (χ1v) is 7.66. The third kappa shape index (κ3) is 2.95. The van der Waals surface area contributed by atoms with Gasteiger partial charge in [0, 0.05) is 36.1 Å². The van der Waals surface area contributed by atoms with E-state index in [-0.39, 0.29) is 6.04 Å². The number of para-hydroxylation sites is 1. The zero-order valence-electron chi connectivity index (χ0n) is 12.7. The van der Waals surface area contributed by atoms with E-state index in [9.17, 15) is 0 Å². The lowest BCUT2D eigenvalue weighted by Crippen LogP contribution is -2.35.